The molecule has 0 radical (unpaired) electrons. The molecule has 3 unspecified atom stereocenters. The largest absolute Gasteiger partial charge is 0.389 e. The Kier molecular flexibility index (Phi) is 4.02. The van der Waals surface area contributed by atoms with Gasteiger partial charge in [-0.3, -0.25) is 0 Å². The Hall–Kier alpha value is 0.230. The van der Waals surface area contributed by atoms with Crippen LogP contribution >= 0.6 is 11.8 Å². The summed E-state index contributed by atoms with van der Waals surface area (Å²) in [6.45, 7) is 3.24. The zero-order chi connectivity index (χ0) is 14.3. The highest BCUT2D eigenvalue weighted by atomic mass is 32.2. The van der Waals surface area contributed by atoms with Gasteiger partial charge in [-0.2, -0.15) is 11.8 Å². The van der Waals surface area contributed by atoms with Crippen molar-refractivity contribution in [1.82, 2.24) is 4.90 Å². The van der Waals surface area contributed by atoms with Crippen molar-refractivity contribution >= 4 is 11.8 Å². The summed E-state index contributed by atoms with van der Waals surface area (Å²) in [6, 6.07) is 0.657. The van der Waals surface area contributed by atoms with Gasteiger partial charge in [-0.25, -0.2) is 0 Å². The molecule has 3 atom stereocenters. The number of rotatable bonds is 1. The first-order chi connectivity index (χ1) is 10.2. The average molecular weight is 311 g/mol. The number of aliphatic hydroxyl groups is 1. The van der Waals surface area contributed by atoms with Crippen LogP contribution in [0.15, 0.2) is 0 Å². The van der Waals surface area contributed by atoms with Crippen LogP contribution in [0.5, 0.6) is 0 Å². The summed E-state index contributed by atoms with van der Waals surface area (Å²) in [5.74, 6) is 2.94. The lowest BCUT2D eigenvalue weighted by Gasteiger charge is -2.51. The Labute approximate surface area is 132 Å². The van der Waals surface area contributed by atoms with E-state index in [0.717, 1.165) is 38.8 Å². The Morgan fingerprint density at radius 3 is 2.76 bits per heavy atom. The predicted octanol–water partition coefficient (Wildman–Crippen LogP) is 2.67. The summed E-state index contributed by atoms with van der Waals surface area (Å²) in [5.41, 5.74) is -0.302. The van der Waals surface area contributed by atoms with E-state index >= 15 is 0 Å². The van der Waals surface area contributed by atoms with Gasteiger partial charge in [0.2, 0.25) is 0 Å². The van der Waals surface area contributed by atoms with Crippen molar-refractivity contribution in [3.63, 3.8) is 0 Å². The van der Waals surface area contributed by atoms with Gasteiger partial charge >= 0.3 is 0 Å². The average Bonchev–Trinajstić information content (AvgIpc) is 2.95. The molecule has 21 heavy (non-hydrogen) atoms. The van der Waals surface area contributed by atoms with Crippen LogP contribution < -0.4 is 0 Å². The molecule has 1 N–H and O–H groups in total. The topological polar surface area (TPSA) is 32.7 Å². The van der Waals surface area contributed by atoms with Gasteiger partial charge in [0.25, 0.3) is 0 Å². The summed E-state index contributed by atoms with van der Waals surface area (Å²) in [4.78, 5) is 2.61. The third kappa shape index (κ3) is 2.77. The monoisotopic (exact) mass is 311 g/mol. The maximum Gasteiger partial charge on any atom is 0.0704 e. The van der Waals surface area contributed by atoms with Gasteiger partial charge in [-0.15, -0.1) is 0 Å². The molecule has 120 valence electrons. The molecule has 3 nitrogen and oxygen atoms in total. The van der Waals surface area contributed by atoms with Gasteiger partial charge in [0.1, 0.15) is 0 Å². The van der Waals surface area contributed by atoms with E-state index in [2.05, 4.69) is 16.7 Å². The predicted molar refractivity (Wildman–Crippen MR) is 86.7 cm³/mol. The number of nitrogens with zero attached hydrogens (tertiary/aromatic N) is 1. The number of thioether (sulfide) groups is 1. The highest BCUT2D eigenvalue weighted by molar-refractivity contribution is 7.99. The first-order valence-electron chi connectivity index (χ1n) is 8.87. The molecule has 0 aromatic rings. The molecule has 0 saturated carbocycles. The van der Waals surface area contributed by atoms with Crippen molar-refractivity contribution < 1.29 is 9.84 Å². The fourth-order valence-corrected chi connectivity index (χ4v) is 6.45. The summed E-state index contributed by atoms with van der Waals surface area (Å²) in [7, 11) is 0. The summed E-state index contributed by atoms with van der Waals surface area (Å²) < 4.78 is 6.22. The number of piperidine rings is 1. The van der Waals surface area contributed by atoms with Gasteiger partial charge in [-0.1, -0.05) is 0 Å². The molecule has 4 rings (SSSR count). The molecular formula is C17H29NO2S. The summed E-state index contributed by atoms with van der Waals surface area (Å²) >= 11 is 2.06. The van der Waals surface area contributed by atoms with E-state index in [-0.39, 0.29) is 5.60 Å². The van der Waals surface area contributed by atoms with E-state index in [9.17, 15) is 5.11 Å². The summed E-state index contributed by atoms with van der Waals surface area (Å²) in [5, 5.41) is 11.4. The van der Waals surface area contributed by atoms with Crippen LogP contribution in [0.2, 0.25) is 0 Å². The molecule has 0 aliphatic carbocycles. The van der Waals surface area contributed by atoms with Gasteiger partial charge in [0, 0.05) is 19.2 Å². The van der Waals surface area contributed by atoms with E-state index in [4.69, 9.17) is 4.74 Å². The van der Waals surface area contributed by atoms with Crippen molar-refractivity contribution in [3.8, 4) is 0 Å². The van der Waals surface area contributed by atoms with Crippen LogP contribution in [0.25, 0.3) is 0 Å². The number of fused-ring (bicyclic) bond motifs is 1. The Bertz CT molecular complexity index is 379. The SMILES string of the molecule is OC1(C2CCOC3(CCSCC3)C2)CCN2CCCC2C1. The molecule has 0 aromatic carbocycles. The number of ether oxygens (including phenoxy) is 1. The van der Waals surface area contributed by atoms with Crippen molar-refractivity contribution in [1.29, 1.82) is 0 Å². The second kappa shape index (κ2) is 5.70. The van der Waals surface area contributed by atoms with Gasteiger partial charge in [-0.05, 0) is 75.3 Å². The third-order valence-electron chi connectivity index (χ3n) is 6.58. The van der Waals surface area contributed by atoms with Gasteiger partial charge in [0.15, 0.2) is 0 Å². The zero-order valence-electron chi connectivity index (χ0n) is 13.1. The molecule has 0 amide bonds. The van der Waals surface area contributed by atoms with Crippen LogP contribution in [-0.4, -0.2) is 58.5 Å². The van der Waals surface area contributed by atoms with Crippen molar-refractivity contribution in [2.75, 3.05) is 31.2 Å². The maximum absolute atomic E-state index is 11.4. The van der Waals surface area contributed by atoms with Crippen molar-refractivity contribution in [3.05, 3.63) is 0 Å². The van der Waals surface area contributed by atoms with Crippen LogP contribution in [0.1, 0.15) is 51.4 Å². The minimum Gasteiger partial charge on any atom is -0.389 e. The first kappa shape index (κ1) is 14.8. The Balaban J connectivity index is 1.47. The Morgan fingerprint density at radius 1 is 1.05 bits per heavy atom. The molecule has 4 aliphatic rings. The van der Waals surface area contributed by atoms with Crippen molar-refractivity contribution in [2.45, 2.75) is 68.6 Å². The minimum absolute atomic E-state index is 0.108. The zero-order valence-corrected chi connectivity index (χ0v) is 13.9. The van der Waals surface area contributed by atoms with Gasteiger partial charge in [0.05, 0.1) is 11.2 Å². The molecule has 0 aromatic heterocycles. The molecular weight excluding hydrogens is 282 g/mol. The second-order valence-electron chi connectivity index (χ2n) is 7.72. The third-order valence-corrected chi connectivity index (χ3v) is 7.56. The van der Waals surface area contributed by atoms with Crippen LogP contribution in [0.3, 0.4) is 0 Å². The molecule has 4 fully saturated rings. The lowest BCUT2D eigenvalue weighted by Crippen LogP contribution is -2.55. The fraction of sp³-hybridized carbons (Fsp3) is 1.00. The standard InChI is InChI=1S/C17H29NO2S/c19-17(4-8-18-7-1-2-15(18)13-17)14-3-9-20-16(12-14)5-10-21-11-6-16/h14-15,19H,1-13H2. The quantitative estimate of drug-likeness (QED) is 0.807. The van der Waals surface area contributed by atoms with Crippen LogP contribution in [0.4, 0.5) is 0 Å². The summed E-state index contributed by atoms with van der Waals surface area (Å²) in [6.07, 6.45) is 9.19. The van der Waals surface area contributed by atoms with E-state index in [1.165, 1.54) is 43.7 Å². The van der Waals surface area contributed by atoms with Gasteiger partial charge < -0.3 is 14.7 Å². The highest BCUT2D eigenvalue weighted by Gasteiger charge is 2.49. The molecule has 4 heterocycles. The fourth-order valence-electron chi connectivity index (χ4n) is 5.22. The lowest BCUT2D eigenvalue weighted by molar-refractivity contribution is -0.162. The Morgan fingerprint density at radius 2 is 1.90 bits per heavy atom. The molecule has 4 saturated heterocycles. The van der Waals surface area contributed by atoms with E-state index in [1.54, 1.807) is 0 Å². The molecule has 4 aliphatic heterocycles. The maximum atomic E-state index is 11.4. The minimum atomic E-state index is -0.410. The number of hydrogen-bond donors (Lipinski definition) is 1. The highest BCUT2D eigenvalue weighted by Crippen LogP contribution is 2.47. The first-order valence-corrected chi connectivity index (χ1v) is 10.0. The van der Waals surface area contributed by atoms with E-state index in [1.807, 2.05) is 0 Å². The van der Waals surface area contributed by atoms with Crippen LogP contribution in [0, 0.1) is 5.92 Å². The van der Waals surface area contributed by atoms with Crippen LogP contribution in [-0.2, 0) is 4.74 Å². The number of hydrogen-bond acceptors (Lipinski definition) is 4. The van der Waals surface area contributed by atoms with E-state index < -0.39 is 5.60 Å². The molecule has 0 bridgehead atoms. The smallest absolute Gasteiger partial charge is 0.0704 e. The lowest BCUT2D eigenvalue weighted by atomic mass is 9.69. The molecule has 1 spiro atoms. The van der Waals surface area contributed by atoms with E-state index in [0.29, 0.717) is 12.0 Å². The molecule has 4 heteroatoms. The normalized spacial score (nSPS) is 43.9. The second-order valence-corrected chi connectivity index (χ2v) is 8.95. The van der Waals surface area contributed by atoms with Crippen molar-refractivity contribution in [2.24, 2.45) is 5.92 Å².